The van der Waals surface area contributed by atoms with E-state index in [-0.39, 0.29) is 5.91 Å². The third kappa shape index (κ3) is 3.74. The largest absolute Gasteiger partial charge is 0.619 e. The first kappa shape index (κ1) is 14.8. The molecule has 1 amide bonds. The second kappa shape index (κ2) is 6.74. The van der Waals surface area contributed by atoms with E-state index in [2.05, 4.69) is 10.4 Å². The summed E-state index contributed by atoms with van der Waals surface area (Å²) < 4.78 is 2.49. The van der Waals surface area contributed by atoms with Gasteiger partial charge in [0.1, 0.15) is 0 Å². The van der Waals surface area contributed by atoms with E-state index in [1.807, 2.05) is 41.2 Å². The summed E-state index contributed by atoms with van der Waals surface area (Å²) in [4.78, 5) is 12.1. The Labute approximate surface area is 133 Å². The smallest absolute Gasteiger partial charge is 0.252 e. The van der Waals surface area contributed by atoms with Gasteiger partial charge in [0, 0.05) is 31.1 Å². The van der Waals surface area contributed by atoms with Crippen molar-refractivity contribution in [1.82, 2.24) is 15.1 Å². The Morgan fingerprint density at radius 2 is 1.87 bits per heavy atom. The summed E-state index contributed by atoms with van der Waals surface area (Å²) in [6.07, 6.45) is 6.25. The van der Waals surface area contributed by atoms with Crippen molar-refractivity contribution < 1.29 is 9.52 Å². The van der Waals surface area contributed by atoms with Crippen molar-refractivity contribution in [2.45, 2.75) is 13.1 Å². The highest BCUT2D eigenvalue weighted by Gasteiger charge is 2.08. The van der Waals surface area contributed by atoms with Gasteiger partial charge in [0.2, 0.25) is 0 Å². The zero-order valence-electron chi connectivity index (χ0n) is 12.4. The number of amides is 1. The predicted molar refractivity (Wildman–Crippen MR) is 84.3 cm³/mol. The molecule has 0 saturated heterocycles. The Bertz CT molecular complexity index is 783. The van der Waals surface area contributed by atoms with E-state index in [4.69, 9.17) is 0 Å². The van der Waals surface area contributed by atoms with Gasteiger partial charge in [-0.05, 0) is 17.2 Å². The summed E-state index contributed by atoms with van der Waals surface area (Å²) in [7, 11) is 0. The van der Waals surface area contributed by atoms with Crippen LogP contribution in [0.2, 0.25) is 0 Å². The molecule has 0 unspecified atom stereocenters. The van der Waals surface area contributed by atoms with Gasteiger partial charge >= 0.3 is 0 Å². The Kier molecular flexibility index (Phi) is 4.33. The minimum atomic E-state index is -0.209. The van der Waals surface area contributed by atoms with Crippen LogP contribution in [0.1, 0.15) is 21.5 Å². The molecule has 0 saturated carbocycles. The van der Waals surface area contributed by atoms with Crippen LogP contribution in [0, 0.1) is 5.21 Å². The van der Waals surface area contributed by atoms with Crippen LogP contribution in [-0.4, -0.2) is 15.7 Å². The van der Waals surface area contributed by atoms with Gasteiger partial charge in [-0.15, -0.1) is 0 Å². The maximum Gasteiger partial charge on any atom is 0.252 e. The number of aromatic nitrogens is 3. The summed E-state index contributed by atoms with van der Waals surface area (Å²) in [5, 5.41) is 18.1. The fourth-order valence-corrected chi connectivity index (χ4v) is 2.29. The molecule has 0 atom stereocenters. The van der Waals surface area contributed by atoms with E-state index in [0.29, 0.717) is 23.4 Å². The molecule has 0 fully saturated rings. The van der Waals surface area contributed by atoms with Gasteiger partial charge in [-0.3, -0.25) is 9.48 Å². The maximum atomic E-state index is 12.1. The molecular formula is C17H16N4O2. The first-order valence-corrected chi connectivity index (χ1v) is 7.23. The summed E-state index contributed by atoms with van der Waals surface area (Å²) in [6, 6.07) is 12.8. The average molecular weight is 308 g/mol. The van der Waals surface area contributed by atoms with Crippen LogP contribution < -0.4 is 10.0 Å². The zero-order valence-corrected chi connectivity index (χ0v) is 12.4. The summed E-state index contributed by atoms with van der Waals surface area (Å²) in [6.45, 7) is 1.07. The van der Waals surface area contributed by atoms with Gasteiger partial charge < -0.3 is 10.5 Å². The third-order valence-corrected chi connectivity index (χ3v) is 3.51. The second-order valence-electron chi connectivity index (χ2n) is 5.10. The molecule has 2 heterocycles. The normalized spacial score (nSPS) is 10.4. The van der Waals surface area contributed by atoms with Crippen molar-refractivity contribution in [2.75, 3.05) is 0 Å². The second-order valence-corrected chi connectivity index (χ2v) is 5.10. The number of pyridine rings is 1. The number of nitrogens with one attached hydrogen (secondary N) is 1. The molecule has 3 aromatic rings. The van der Waals surface area contributed by atoms with Gasteiger partial charge in [0.15, 0.2) is 12.4 Å². The number of carbonyl (C=O) groups excluding carboxylic acids is 1. The van der Waals surface area contributed by atoms with E-state index in [1.165, 1.54) is 24.5 Å². The number of hydrogen-bond acceptors (Lipinski definition) is 3. The van der Waals surface area contributed by atoms with Crippen molar-refractivity contribution in [3.63, 3.8) is 0 Å². The van der Waals surface area contributed by atoms with Crippen molar-refractivity contribution in [3.8, 4) is 0 Å². The van der Waals surface area contributed by atoms with Gasteiger partial charge in [-0.1, -0.05) is 24.3 Å². The van der Waals surface area contributed by atoms with Crippen LogP contribution in [0.4, 0.5) is 0 Å². The first-order valence-electron chi connectivity index (χ1n) is 7.23. The lowest BCUT2D eigenvalue weighted by Gasteiger charge is -2.11. The molecule has 0 radical (unpaired) electrons. The van der Waals surface area contributed by atoms with Crippen LogP contribution >= 0.6 is 0 Å². The quantitative estimate of drug-likeness (QED) is 0.573. The molecule has 0 spiro atoms. The Morgan fingerprint density at radius 1 is 1.13 bits per heavy atom. The molecule has 116 valence electrons. The Balaban J connectivity index is 1.68. The van der Waals surface area contributed by atoms with E-state index in [9.17, 15) is 10.0 Å². The summed E-state index contributed by atoms with van der Waals surface area (Å²) >= 11 is 0. The monoisotopic (exact) mass is 308 g/mol. The van der Waals surface area contributed by atoms with E-state index < -0.39 is 0 Å². The highest BCUT2D eigenvalue weighted by Crippen LogP contribution is 2.10. The van der Waals surface area contributed by atoms with Crippen molar-refractivity contribution in [1.29, 1.82) is 0 Å². The lowest BCUT2D eigenvalue weighted by atomic mass is 10.1. The summed E-state index contributed by atoms with van der Waals surface area (Å²) in [5.41, 5.74) is 2.59. The first-order chi connectivity index (χ1) is 11.2. The van der Waals surface area contributed by atoms with Crippen molar-refractivity contribution >= 4 is 5.91 Å². The number of rotatable bonds is 5. The standard InChI is InChI=1S/C17H16N4O2/c22-17(14-6-10-21(23)11-7-14)18-12-15-4-1-2-5-16(15)13-20-9-3-8-19-20/h1-11H,12-13H2,(H,18,22). The van der Waals surface area contributed by atoms with E-state index in [0.717, 1.165) is 11.1 Å². The fraction of sp³-hybridized carbons (Fsp3) is 0.118. The molecule has 0 aliphatic rings. The SMILES string of the molecule is O=C(NCc1ccccc1Cn1cccn1)c1cc[n+]([O-])cc1. The topological polar surface area (TPSA) is 73.9 Å². The molecule has 1 aromatic carbocycles. The van der Waals surface area contributed by atoms with Gasteiger partial charge in [0.05, 0.1) is 12.1 Å². The molecule has 0 aliphatic heterocycles. The lowest BCUT2D eigenvalue weighted by Crippen LogP contribution is -2.27. The highest BCUT2D eigenvalue weighted by molar-refractivity contribution is 5.93. The number of carbonyl (C=O) groups is 1. The van der Waals surface area contributed by atoms with Crippen LogP contribution in [0.3, 0.4) is 0 Å². The van der Waals surface area contributed by atoms with Crippen molar-refractivity contribution in [3.05, 3.63) is 89.1 Å². The number of benzene rings is 1. The Morgan fingerprint density at radius 3 is 2.57 bits per heavy atom. The number of nitrogens with zero attached hydrogens (tertiary/aromatic N) is 3. The predicted octanol–water partition coefficient (Wildman–Crippen LogP) is 1.49. The molecule has 2 aromatic heterocycles. The molecule has 0 bridgehead atoms. The highest BCUT2D eigenvalue weighted by atomic mass is 16.5. The molecule has 23 heavy (non-hydrogen) atoms. The van der Waals surface area contributed by atoms with Crippen molar-refractivity contribution in [2.24, 2.45) is 0 Å². The van der Waals surface area contributed by atoms with E-state index in [1.54, 1.807) is 6.20 Å². The molecule has 6 heteroatoms. The minimum absolute atomic E-state index is 0.209. The molecular weight excluding hydrogens is 292 g/mol. The van der Waals surface area contributed by atoms with E-state index >= 15 is 0 Å². The van der Waals surface area contributed by atoms with Crippen LogP contribution in [0.5, 0.6) is 0 Å². The Hall–Kier alpha value is -3.15. The van der Waals surface area contributed by atoms with Gasteiger partial charge in [-0.2, -0.15) is 9.83 Å². The average Bonchev–Trinajstić information content (AvgIpc) is 3.07. The zero-order chi connectivity index (χ0) is 16.1. The molecule has 0 aliphatic carbocycles. The molecule has 1 N–H and O–H groups in total. The lowest BCUT2D eigenvalue weighted by molar-refractivity contribution is -0.605. The van der Waals surface area contributed by atoms with Crippen LogP contribution in [0.25, 0.3) is 0 Å². The fourth-order valence-electron chi connectivity index (χ4n) is 2.29. The van der Waals surface area contributed by atoms with Gasteiger partial charge in [-0.25, -0.2) is 0 Å². The summed E-state index contributed by atoms with van der Waals surface area (Å²) in [5.74, 6) is -0.209. The minimum Gasteiger partial charge on any atom is -0.619 e. The van der Waals surface area contributed by atoms with Crippen LogP contribution in [0.15, 0.2) is 67.3 Å². The maximum absolute atomic E-state index is 12.1. The number of hydrogen-bond donors (Lipinski definition) is 1. The van der Waals surface area contributed by atoms with Crippen LogP contribution in [-0.2, 0) is 13.1 Å². The molecule has 6 nitrogen and oxygen atoms in total. The third-order valence-electron chi connectivity index (χ3n) is 3.51. The molecule has 3 rings (SSSR count). The van der Waals surface area contributed by atoms with Gasteiger partial charge in [0.25, 0.3) is 5.91 Å².